The minimum atomic E-state index is -0.278. The summed E-state index contributed by atoms with van der Waals surface area (Å²) in [6.45, 7) is 3.93. The topological polar surface area (TPSA) is 96.7 Å². The molecule has 0 aliphatic carbocycles. The number of nitrogens with zero attached hydrogens (tertiary/aromatic N) is 4. The number of fused-ring (bicyclic) bond motifs is 1. The van der Waals surface area contributed by atoms with Gasteiger partial charge in [-0.05, 0) is 31.0 Å². The quantitative estimate of drug-likeness (QED) is 0.800. The van der Waals surface area contributed by atoms with Crippen LogP contribution in [0.25, 0.3) is 11.0 Å². The van der Waals surface area contributed by atoms with Gasteiger partial charge >= 0.3 is 0 Å². The fourth-order valence-electron chi connectivity index (χ4n) is 2.56. The maximum atomic E-state index is 12.3. The Hall–Kier alpha value is -3.14. The molecule has 0 radical (unpaired) electrons. The van der Waals surface area contributed by atoms with E-state index in [4.69, 9.17) is 9.78 Å². The molecule has 23 heavy (non-hydrogen) atoms. The Balaban J connectivity index is 1.86. The van der Waals surface area contributed by atoms with Crippen molar-refractivity contribution in [3.05, 3.63) is 40.7 Å². The predicted molar refractivity (Wildman–Crippen MR) is 83.7 cm³/mol. The molecule has 0 saturated heterocycles. The number of rotatable bonds is 3. The van der Waals surface area contributed by atoms with Crippen molar-refractivity contribution in [2.75, 3.05) is 5.32 Å². The summed E-state index contributed by atoms with van der Waals surface area (Å²) < 4.78 is 6.79. The van der Waals surface area contributed by atoms with Crippen molar-refractivity contribution >= 4 is 22.7 Å². The molecule has 0 bridgehead atoms. The predicted octanol–water partition coefficient (Wildman–Crippen LogP) is 2.23. The Labute approximate surface area is 132 Å². The van der Waals surface area contributed by atoms with Gasteiger partial charge in [0, 0.05) is 12.4 Å². The van der Waals surface area contributed by atoms with Crippen LogP contribution in [0.5, 0.6) is 0 Å². The number of aromatic nitrogens is 3. The van der Waals surface area contributed by atoms with Gasteiger partial charge in [-0.15, -0.1) is 0 Å². The molecule has 116 valence electrons. The molecule has 1 aromatic carbocycles. The third-order valence-corrected chi connectivity index (χ3v) is 3.62. The molecular weight excluding hydrogens is 294 g/mol. The highest BCUT2D eigenvalue weighted by Gasteiger charge is 2.17. The van der Waals surface area contributed by atoms with Crippen molar-refractivity contribution in [3.63, 3.8) is 0 Å². The van der Waals surface area contributed by atoms with E-state index in [1.54, 1.807) is 7.05 Å². The second-order valence-electron chi connectivity index (χ2n) is 5.45. The number of nitriles is 1. The average molecular weight is 309 g/mol. The van der Waals surface area contributed by atoms with E-state index in [1.165, 1.54) is 10.9 Å². The Morgan fingerprint density at radius 3 is 2.96 bits per heavy atom. The molecule has 0 unspecified atom stereocenters. The van der Waals surface area contributed by atoms with Gasteiger partial charge in [0.2, 0.25) is 5.91 Å². The Morgan fingerprint density at radius 2 is 2.22 bits per heavy atom. The molecule has 0 saturated carbocycles. The van der Waals surface area contributed by atoms with Gasteiger partial charge < -0.3 is 9.84 Å². The molecule has 0 spiro atoms. The molecule has 1 N–H and O–H groups in total. The summed E-state index contributed by atoms with van der Waals surface area (Å²) in [7, 11) is 1.66. The lowest BCUT2D eigenvalue weighted by Gasteiger charge is -2.05. The van der Waals surface area contributed by atoms with Gasteiger partial charge in [-0.25, -0.2) is 0 Å². The minimum Gasteiger partial charge on any atom is -0.356 e. The fourth-order valence-corrected chi connectivity index (χ4v) is 2.56. The lowest BCUT2D eigenvalue weighted by Crippen LogP contribution is -2.17. The molecule has 0 fully saturated rings. The van der Waals surface area contributed by atoms with Crippen molar-refractivity contribution in [2.24, 2.45) is 7.05 Å². The van der Waals surface area contributed by atoms with Crippen molar-refractivity contribution in [1.82, 2.24) is 14.9 Å². The maximum absolute atomic E-state index is 12.3. The Kier molecular flexibility index (Phi) is 3.58. The number of hydrogen-bond donors (Lipinski definition) is 1. The van der Waals surface area contributed by atoms with Crippen LogP contribution < -0.4 is 5.32 Å². The van der Waals surface area contributed by atoms with Gasteiger partial charge in [0.05, 0.1) is 12.6 Å². The molecule has 3 rings (SSSR count). The highest BCUT2D eigenvalue weighted by molar-refractivity contribution is 5.95. The lowest BCUT2D eigenvalue weighted by atomic mass is 10.1. The molecule has 2 aromatic heterocycles. The molecule has 3 aromatic rings. The maximum Gasteiger partial charge on any atom is 0.231 e. The third-order valence-electron chi connectivity index (χ3n) is 3.62. The summed E-state index contributed by atoms with van der Waals surface area (Å²) in [6.07, 6.45) is 1.47. The number of anilines is 1. The monoisotopic (exact) mass is 309 g/mol. The van der Waals surface area contributed by atoms with Crippen LogP contribution in [0.1, 0.15) is 22.4 Å². The first kappa shape index (κ1) is 14.8. The highest BCUT2D eigenvalue weighted by Crippen LogP contribution is 2.24. The van der Waals surface area contributed by atoms with E-state index in [0.717, 1.165) is 16.5 Å². The number of carbonyl (C=O) groups excluding carboxylic acids is 1. The lowest BCUT2D eigenvalue weighted by molar-refractivity contribution is -0.115. The van der Waals surface area contributed by atoms with Crippen molar-refractivity contribution in [3.8, 4) is 6.07 Å². The molecule has 7 nitrogen and oxygen atoms in total. The fraction of sp³-hybridized carbons (Fsp3) is 0.250. The van der Waals surface area contributed by atoms with Crippen molar-refractivity contribution in [2.45, 2.75) is 20.3 Å². The summed E-state index contributed by atoms with van der Waals surface area (Å²) in [6, 6.07) is 5.95. The first-order valence-corrected chi connectivity index (χ1v) is 7.07. The number of amides is 1. The molecule has 2 heterocycles. The molecule has 0 aliphatic rings. The van der Waals surface area contributed by atoms with Crippen LogP contribution >= 0.6 is 0 Å². The van der Waals surface area contributed by atoms with Crippen molar-refractivity contribution in [1.29, 1.82) is 5.26 Å². The third kappa shape index (κ3) is 2.66. The summed E-state index contributed by atoms with van der Waals surface area (Å²) >= 11 is 0. The number of nitrogens with one attached hydrogen (secondary N) is 1. The average Bonchev–Trinajstić information content (AvgIpc) is 3.04. The number of benzene rings is 1. The molecule has 1 amide bonds. The SMILES string of the molecule is Cc1cc(C)c2onc(CC(=O)Nc3c(C#N)cnn3C)c2c1. The standard InChI is InChI=1S/C16H15N5O2/c1-9-4-10(2)15-12(5-9)13(20-23-15)6-14(22)19-16-11(7-17)8-18-21(16)3/h4-5,8H,6H2,1-3H3,(H,19,22). The Morgan fingerprint density at radius 1 is 1.43 bits per heavy atom. The normalized spacial score (nSPS) is 10.7. The van der Waals surface area contributed by atoms with Gasteiger partial charge in [0.25, 0.3) is 0 Å². The molecule has 0 atom stereocenters. The minimum absolute atomic E-state index is 0.0615. The van der Waals surface area contributed by atoms with E-state index in [-0.39, 0.29) is 12.3 Å². The van der Waals surface area contributed by atoms with Gasteiger partial charge in [-0.3, -0.25) is 9.48 Å². The molecular formula is C16H15N5O2. The first-order chi connectivity index (χ1) is 11.0. The molecule has 7 heteroatoms. The second kappa shape index (κ2) is 5.57. The largest absolute Gasteiger partial charge is 0.356 e. The molecule has 0 aliphatic heterocycles. The van der Waals surface area contributed by atoms with Crippen LogP contribution in [0, 0.1) is 25.2 Å². The highest BCUT2D eigenvalue weighted by atomic mass is 16.5. The van der Waals surface area contributed by atoms with Crippen LogP contribution in [0.15, 0.2) is 22.9 Å². The zero-order valence-electron chi connectivity index (χ0n) is 13.0. The summed E-state index contributed by atoms with van der Waals surface area (Å²) in [4.78, 5) is 12.3. The Bertz CT molecular complexity index is 945. The van der Waals surface area contributed by atoms with Crippen LogP contribution in [-0.4, -0.2) is 20.8 Å². The van der Waals surface area contributed by atoms with Crippen LogP contribution in [0.2, 0.25) is 0 Å². The van der Waals surface area contributed by atoms with Gasteiger partial charge in [0.1, 0.15) is 23.1 Å². The van der Waals surface area contributed by atoms with E-state index < -0.39 is 0 Å². The van der Waals surface area contributed by atoms with E-state index in [9.17, 15) is 4.79 Å². The van der Waals surface area contributed by atoms with Gasteiger partial charge in [-0.2, -0.15) is 10.4 Å². The first-order valence-electron chi connectivity index (χ1n) is 7.07. The number of carbonyl (C=O) groups is 1. The number of aryl methyl sites for hydroxylation is 3. The van der Waals surface area contributed by atoms with Crippen molar-refractivity contribution < 1.29 is 9.32 Å². The summed E-state index contributed by atoms with van der Waals surface area (Å²) in [5.41, 5.74) is 3.65. The smallest absolute Gasteiger partial charge is 0.231 e. The van der Waals surface area contributed by atoms with E-state index in [2.05, 4.69) is 15.6 Å². The zero-order valence-corrected chi connectivity index (χ0v) is 13.0. The summed E-state index contributed by atoms with van der Waals surface area (Å²) in [5.74, 6) is 0.0946. The zero-order chi connectivity index (χ0) is 16.6. The number of hydrogen-bond acceptors (Lipinski definition) is 5. The van der Waals surface area contributed by atoms with Crippen LogP contribution in [0.4, 0.5) is 5.82 Å². The van der Waals surface area contributed by atoms with Crippen LogP contribution in [0.3, 0.4) is 0 Å². The van der Waals surface area contributed by atoms with Gasteiger partial charge in [-0.1, -0.05) is 11.2 Å². The van der Waals surface area contributed by atoms with Gasteiger partial charge in [0.15, 0.2) is 5.58 Å². The van der Waals surface area contributed by atoms with E-state index in [0.29, 0.717) is 22.7 Å². The second-order valence-corrected chi connectivity index (χ2v) is 5.45. The summed E-state index contributed by atoms with van der Waals surface area (Å²) in [5, 5.41) is 20.5. The van der Waals surface area contributed by atoms with E-state index in [1.807, 2.05) is 32.0 Å². The van der Waals surface area contributed by atoms with Crippen LogP contribution in [-0.2, 0) is 18.3 Å². The van der Waals surface area contributed by atoms with E-state index >= 15 is 0 Å².